The van der Waals surface area contributed by atoms with E-state index >= 15 is 0 Å². The number of hydrogen-bond donors (Lipinski definition) is 0. The number of fused-ring (bicyclic) bond motifs is 12. The standard InChI is InChI=1S/C42H33BN4O2S/c1-41(2,3)32-22-12-7-9-14-24(22)44-28-18-20-30-35-37(28)46(39(32)44)26-16-11-17-27-34(26)43(35)36-31(50(30,48)49)21-19-29-38(36)47(27)40-33(42(4,5)6)23-13-8-10-15-25(23)45(29)40/h7-21H,1-6H3. The Kier molecular flexibility index (Phi) is 4.45. The lowest BCUT2D eigenvalue weighted by molar-refractivity contribution is 0.596. The van der Waals surface area contributed by atoms with Crippen LogP contribution in [0.2, 0.25) is 0 Å². The zero-order valence-corrected chi connectivity index (χ0v) is 29.6. The number of rotatable bonds is 0. The Morgan fingerprint density at radius 3 is 1.38 bits per heavy atom. The molecule has 8 heteroatoms. The molecule has 242 valence electrons. The van der Waals surface area contributed by atoms with Gasteiger partial charge in [-0.05, 0) is 75.7 Å². The van der Waals surface area contributed by atoms with Crippen LogP contribution in [0.25, 0.3) is 66.5 Å². The van der Waals surface area contributed by atoms with Crippen molar-refractivity contribution in [2.75, 3.05) is 0 Å². The first-order valence-corrected chi connectivity index (χ1v) is 19.0. The summed E-state index contributed by atoms with van der Waals surface area (Å²) in [6.07, 6.45) is 0. The van der Waals surface area contributed by atoms with E-state index in [0.717, 1.165) is 66.7 Å². The summed E-state index contributed by atoms with van der Waals surface area (Å²) in [4.78, 5) is 0.858. The zero-order chi connectivity index (χ0) is 34.0. The summed E-state index contributed by atoms with van der Waals surface area (Å²) in [5, 5.41) is 2.46. The molecule has 0 saturated carbocycles. The van der Waals surface area contributed by atoms with Crippen molar-refractivity contribution in [3.05, 3.63) is 102 Å². The number of imidazole rings is 2. The van der Waals surface area contributed by atoms with Crippen molar-refractivity contribution in [3.8, 4) is 11.4 Å². The lowest BCUT2D eigenvalue weighted by atomic mass is 9.34. The molecule has 12 rings (SSSR count). The van der Waals surface area contributed by atoms with E-state index in [9.17, 15) is 8.42 Å². The lowest BCUT2D eigenvalue weighted by Gasteiger charge is -2.37. The van der Waals surface area contributed by atoms with Crippen molar-refractivity contribution in [2.45, 2.75) is 62.2 Å². The van der Waals surface area contributed by atoms with Crippen molar-refractivity contribution >= 4 is 88.1 Å². The molecule has 0 N–H and O–H groups in total. The van der Waals surface area contributed by atoms with Crippen molar-refractivity contribution < 1.29 is 8.42 Å². The first kappa shape index (κ1) is 27.6. The van der Waals surface area contributed by atoms with Gasteiger partial charge in [0.25, 0.3) is 6.71 Å². The highest BCUT2D eigenvalue weighted by atomic mass is 32.2. The Bertz CT molecular complexity index is 3040. The Hall–Kier alpha value is -5.21. The fourth-order valence-electron chi connectivity index (χ4n) is 10.3. The van der Waals surface area contributed by atoms with Gasteiger partial charge in [0.1, 0.15) is 11.3 Å². The van der Waals surface area contributed by atoms with Gasteiger partial charge in [0, 0.05) is 33.3 Å². The van der Waals surface area contributed by atoms with Crippen molar-refractivity contribution in [2.24, 2.45) is 0 Å². The number of aromatic nitrogens is 4. The van der Waals surface area contributed by atoms with Gasteiger partial charge in [-0.2, -0.15) is 0 Å². The highest BCUT2D eigenvalue weighted by molar-refractivity contribution is 7.92. The van der Waals surface area contributed by atoms with E-state index in [1.54, 1.807) is 0 Å². The molecule has 0 bridgehead atoms. The van der Waals surface area contributed by atoms with Crippen LogP contribution >= 0.6 is 0 Å². The number of hydrogen-bond acceptors (Lipinski definition) is 2. The zero-order valence-electron chi connectivity index (χ0n) is 28.8. The predicted octanol–water partition coefficient (Wildman–Crippen LogP) is 7.27. The summed E-state index contributed by atoms with van der Waals surface area (Å²) >= 11 is 0. The van der Waals surface area contributed by atoms with E-state index < -0.39 is 9.84 Å². The summed E-state index contributed by atoms with van der Waals surface area (Å²) in [6, 6.07) is 31.9. The number of benzene rings is 5. The first-order valence-electron chi connectivity index (χ1n) is 17.5. The van der Waals surface area contributed by atoms with E-state index in [1.165, 1.54) is 27.4 Å². The maximum Gasteiger partial charge on any atom is 0.255 e. The summed E-state index contributed by atoms with van der Waals surface area (Å²) in [6.45, 7) is 13.5. The average molecular weight is 669 g/mol. The molecule has 5 aromatic carbocycles. The molecule has 0 spiro atoms. The molecule has 4 aromatic heterocycles. The lowest BCUT2D eigenvalue weighted by Crippen LogP contribution is -2.63. The smallest absolute Gasteiger partial charge is 0.255 e. The third-order valence-corrected chi connectivity index (χ3v) is 13.7. The summed E-state index contributed by atoms with van der Waals surface area (Å²) in [7, 11) is -3.83. The topological polar surface area (TPSA) is 52.8 Å². The minimum Gasteiger partial charge on any atom is -0.295 e. The Balaban J connectivity index is 1.39. The van der Waals surface area contributed by atoms with Gasteiger partial charge in [-0.3, -0.25) is 17.9 Å². The maximum absolute atomic E-state index is 14.9. The largest absolute Gasteiger partial charge is 0.295 e. The highest BCUT2D eigenvalue weighted by Gasteiger charge is 2.50. The van der Waals surface area contributed by atoms with Crippen LogP contribution in [-0.2, 0) is 20.7 Å². The van der Waals surface area contributed by atoms with Crippen LogP contribution in [0.5, 0.6) is 0 Å². The molecule has 6 nitrogen and oxygen atoms in total. The molecule has 0 atom stereocenters. The van der Waals surface area contributed by atoms with Crippen LogP contribution < -0.4 is 16.4 Å². The minimum absolute atomic E-state index is 0.174. The summed E-state index contributed by atoms with van der Waals surface area (Å²) < 4.78 is 39.5. The van der Waals surface area contributed by atoms with Gasteiger partial charge >= 0.3 is 0 Å². The molecule has 7 heterocycles. The molecule has 0 unspecified atom stereocenters. The molecule has 9 aromatic rings. The van der Waals surface area contributed by atoms with Crippen molar-refractivity contribution in [1.29, 1.82) is 0 Å². The Morgan fingerprint density at radius 1 is 0.500 bits per heavy atom. The van der Waals surface area contributed by atoms with Crippen molar-refractivity contribution in [1.82, 2.24) is 17.9 Å². The number of sulfone groups is 1. The second kappa shape index (κ2) is 8.05. The van der Waals surface area contributed by atoms with E-state index in [0.29, 0.717) is 9.79 Å². The Morgan fingerprint density at radius 2 is 0.940 bits per heavy atom. The fourth-order valence-corrected chi connectivity index (χ4v) is 12.1. The summed E-state index contributed by atoms with van der Waals surface area (Å²) in [5.41, 5.74) is 16.0. The second-order valence-corrected chi connectivity index (χ2v) is 18.5. The van der Waals surface area contributed by atoms with Gasteiger partial charge in [-0.1, -0.05) is 84.0 Å². The molecular weight excluding hydrogens is 635 g/mol. The monoisotopic (exact) mass is 668 g/mol. The Labute approximate surface area is 289 Å². The molecule has 3 aliphatic rings. The maximum atomic E-state index is 14.9. The first-order chi connectivity index (χ1) is 23.9. The van der Waals surface area contributed by atoms with E-state index in [-0.39, 0.29) is 17.5 Å². The molecule has 0 amide bonds. The highest BCUT2D eigenvalue weighted by Crippen LogP contribution is 2.46. The van der Waals surface area contributed by atoms with E-state index in [2.05, 4.69) is 126 Å². The third-order valence-electron chi connectivity index (χ3n) is 11.9. The van der Waals surface area contributed by atoms with Gasteiger partial charge in [0.15, 0.2) is 0 Å². The van der Waals surface area contributed by atoms with Crippen LogP contribution in [-0.4, -0.2) is 33.1 Å². The third kappa shape index (κ3) is 2.75. The van der Waals surface area contributed by atoms with E-state index in [1.807, 2.05) is 24.3 Å². The van der Waals surface area contributed by atoms with Crippen molar-refractivity contribution in [3.63, 3.8) is 0 Å². The van der Waals surface area contributed by atoms with Crippen LogP contribution in [0.1, 0.15) is 52.7 Å². The molecule has 0 aliphatic carbocycles. The van der Waals surface area contributed by atoms with Crippen LogP contribution in [0.3, 0.4) is 0 Å². The molecular formula is C42H33BN4O2S. The number of para-hydroxylation sites is 2. The average Bonchev–Trinajstić information content (AvgIpc) is 3.79. The van der Waals surface area contributed by atoms with Crippen LogP contribution in [0, 0.1) is 0 Å². The number of nitrogens with zero attached hydrogens (tertiary/aromatic N) is 4. The van der Waals surface area contributed by atoms with Crippen LogP contribution in [0.4, 0.5) is 0 Å². The SMILES string of the molecule is CC(C)(C)c1c2ccccc2n2c3ccc4c5c3n(c12)-c1cccc2c1B5c1c(ccc3c1n-2c1c(C(C)(C)C)c2ccccc2n31)S4(=O)=O. The predicted molar refractivity (Wildman–Crippen MR) is 205 cm³/mol. The molecule has 50 heavy (non-hydrogen) atoms. The van der Waals surface area contributed by atoms with Gasteiger partial charge < -0.3 is 0 Å². The molecule has 0 saturated heterocycles. The molecule has 3 aliphatic heterocycles. The normalized spacial score (nSPS) is 15.7. The second-order valence-electron chi connectivity index (χ2n) is 16.6. The van der Waals surface area contributed by atoms with E-state index in [4.69, 9.17) is 0 Å². The van der Waals surface area contributed by atoms with Crippen LogP contribution in [0.15, 0.2) is 101 Å². The van der Waals surface area contributed by atoms with Gasteiger partial charge in [-0.15, -0.1) is 0 Å². The summed E-state index contributed by atoms with van der Waals surface area (Å²) in [5.74, 6) is 0. The van der Waals surface area contributed by atoms with Gasteiger partial charge in [-0.25, -0.2) is 8.42 Å². The van der Waals surface area contributed by atoms with Gasteiger partial charge in [0.2, 0.25) is 9.84 Å². The molecule has 0 fully saturated rings. The van der Waals surface area contributed by atoms with Gasteiger partial charge in [0.05, 0.1) is 42.9 Å². The molecule has 0 radical (unpaired) electrons. The fraction of sp³-hybridized carbons (Fsp3) is 0.190. The quantitative estimate of drug-likeness (QED) is 0.160. The minimum atomic E-state index is -3.83.